The zero-order valence-electron chi connectivity index (χ0n) is 7.57. The summed E-state index contributed by atoms with van der Waals surface area (Å²) in [5.74, 6) is -0.209. The number of aliphatic hydroxyl groups is 1. The highest BCUT2D eigenvalue weighted by Gasteiger charge is 2.13. The Balaban J connectivity index is 2.77. The lowest BCUT2D eigenvalue weighted by atomic mass is 9.94. The van der Waals surface area contributed by atoms with E-state index in [9.17, 15) is 4.39 Å². The monoisotopic (exact) mass is 183 g/mol. The Hall–Kier alpha value is -0.930. The van der Waals surface area contributed by atoms with Crippen molar-refractivity contribution in [2.45, 2.75) is 18.9 Å². The van der Waals surface area contributed by atoms with E-state index in [1.807, 2.05) is 6.92 Å². The molecule has 0 spiro atoms. The molecule has 0 radical (unpaired) electrons. The molecule has 0 aliphatic rings. The Morgan fingerprint density at radius 1 is 1.38 bits per heavy atom. The summed E-state index contributed by atoms with van der Waals surface area (Å²) in [4.78, 5) is 0. The van der Waals surface area contributed by atoms with Crippen molar-refractivity contribution in [3.8, 4) is 0 Å². The zero-order chi connectivity index (χ0) is 9.84. The molecule has 2 nitrogen and oxygen atoms in total. The van der Waals surface area contributed by atoms with E-state index in [2.05, 4.69) is 0 Å². The van der Waals surface area contributed by atoms with Crippen LogP contribution < -0.4 is 5.73 Å². The quantitative estimate of drug-likeness (QED) is 0.740. The molecule has 0 aliphatic carbocycles. The maximum Gasteiger partial charge on any atom is 0.123 e. The number of hydrogen-bond acceptors (Lipinski definition) is 2. The molecule has 13 heavy (non-hydrogen) atoms. The van der Waals surface area contributed by atoms with Crippen LogP contribution in [0.4, 0.5) is 4.39 Å². The minimum atomic E-state index is -0.287. The van der Waals surface area contributed by atoms with Gasteiger partial charge in [0.25, 0.3) is 0 Å². The lowest BCUT2D eigenvalue weighted by Crippen LogP contribution is -2.30. The Labute approximate surface area is 77.2 Å². The molecule has 0 amide bonds. The minimum Gasteiger partial charge on any atom is -0.395 e. The summed E-state index contributed by atoms with van der Waals surface area (Å²) in [7, 11) is 0. The van der Waals surface area contributed by atoms with Crippen LogP contribution in [-0.2, 0) is 0 Å². The third-order valence-corrected chi connectivity index (χ3v) is 2.25. The Kier molecular flexibility index (Phi) is 3.39. The molecule has 0 saturated heterocycles. The molecular formula is C10H14FNO. The second-order valence-corrected chi connectivity index (χ2v) is 3.19. The highest BCUT2D eigenvalue weighted by atomic mass is 19.1. The van der Waals surface area contributed by atoms with Crippen molar-refractivity contribution in [1.82, 2.24) is 0 Å². The Morgan fingerprint density at radius 3 is 2.38 bits per heavy atom. The molecule has 72 valence electrons. The molecule has 3 N–H and O–H groups in total. The van der Waals surface area contributed by atoms with E-state index >= 15 is 0 Å². The predicted molar refractivity (Wildman–Crippen MR) is 49.9 cm³/mol. The number of nitrogens with two attached hydrogens (primary N) is 1. The first kappa shape index (κ1) is 10.2. The first-order chi connectivity index (χ1) is 6.15. The van der Waals surface area contributed by atoms with Gasteiger partial charge in [-0.3, -0.25) is 0 Å². The summed E-state index contributed by atoms with van der Waals surface area (Å²) in [6.07, 6.45) is 0. The first-order valence-corrected chi connectivity index (χ1v) is 4.27. The van der Waals surface area contributed by atoms with Crippen molar-refractivity contribution in [3.63, 3.8) is 0 Å². The lowest BCUT2D eigenvalue weighted by molar-refractivity contribution is 0.252. The summed E-state index contributed by atoms with van der Waals surface area (Å²) in [6.45, 7) is 1.85. The van der Waals surface area contributed by atoms with Gasteiger partial charge in [-0.05, 0) is 23.6 Å². The smallest absolute Gasteiger partial charge is 0.123 e. The topological polar surface area (TPSA) is 46.2 Å². The predicted octanol–water partition coefficient (Wildman–Crippen LogP) is 1.25. The van der Waals surface area contributed by atoms with Gasteiger partial charge in [-0.1, -0.05) is 19.1 Å². The molecule has 0 fully saturated rings. The van der Waals surface area contributed by atoms with Crippen LogP contribution in [0.2, 0.25) is 0 Å². The third kappa shape index (κ3) is 2.50. The molecule has 0 aliphatic heterocycles. The molecule has 2 unspecified atom stereocenters. The summed E-state index contributed by atoms with van der Waals surface area (Å²) in [5.41, 5.74) is 6.59. The molecule has 0 saturated carbocycles. The van der Waals surface area contributed by atoms with Crippen LogP contribution >= 0.6 is 0 Å². The van der Waals surface area contributed by atoms with Gasteiger partial charge in [0.05, 0.1) is 6.61 Å². The SMILES string of the molecule is CC(c1ccc(F)cc1)C(N)CO. The highest BCUT2D eigenvalue weighted by Crippen LogP contribution is 2.17. The second-order valence-electron chi connectivity index (χ2n) is 3.19. The zero-order valence-corrected chi connectivity index (χ0v) is 7.57. The van der Waals surface area contributed by atoms with Crippen molar-refractivity contribution >= 4 is 0 Å². The van der Waals surface area contributed by atoms with Gasteiger partial charge >= 0.3 is 0 Å². The van der Waals surface area contributed by atoms with Crippen molar-refractivity contribution in [2.24, 2.45) is 5.73 Å². The van der Waals surface area contributed by atoms with E-state index in [1.54, 1.807) is 12.1 Å². The van der Waals surface area contributed by atoms with E-state index in [0.717, 1.165) is 5.56 Å². The van der Waals surface area contributed by atoms with Crippen LogP contribution in [0, 0.1) is 5.82 Å². The van der Waals surface area contributed by atoms with Gasteiger partial charge in [0.15, 0.2) is 0 Å². The van der Waals surface area contributed by atoms with E-state index < -0.39 is 0 Å². The Morgan fingerprint density at radius 2 is 1.92 bits per heavy atom. The molecule has 3 heteroatoms. The molecule has 0 bridgehead atoms. The van der Waals surface area contributed by atoms with Gasteiger partial charge < -0.3 is 10.8 Å². The third-order valence-electron chi connectivity index (χ3n) is 2.25. The number of aliphatic hydroxyl groups excluding tert-OH is 1. The Bertz CT molecular complexity index is 260. The van der Waals surface area contributed by atoms with Gasteiger partial charge in [-0.25, -0.2) is 4.39 Å². The average molecular weight is 183 g/mol. The molecule has 2 atom stereocenters. The highest BCUT2D eigenvalue weighted by molar-refractivity contribution is 5.21. The van der Waals surface area contributed by atoms with Crippen molar-refractivity contribution in [3.05, 3.63) is 35.6 Å². The van der Waals surface area contributed by atoms with Crippen molar-refractivity contribution in [1.29, 1.82) is 0 Å². The number of benzene rings is 1. The van der Waals surface area contributed by atoms with E-state index in [4.69, 9.17) is 10.8 Å². The molecular weight excluding hydrogens is 169 g/mol. The van der Waals surface area contributed by atoms with E-state index in [0.29, 0.717) is 0 Å². The summed E-state index contributed by atoms with van der Waals surface area (Å²) >= 11 is 0. The molecule has 0 aromatic heterocycles. The summed E-state index contributed by atoms with van der Waals surface area (Å²) in [6, 6.07) is 5.89. The van der Waals surface area contributed by atoms with Crippen LogP contribution in [0.3, 0.4) is 0 Å². The number of rotatable bonds is 3. The number of halogens is 1. The van der Waals surface area contributed by atoms with Crippen molar-refractivity contribution < 1.29 is 9.50 Å². The lowest BCUT2D eigenvalue weighted by Gasteiger charge is -2.17. The number of hydrogen-bond donors (Lipinski definition) is 2. The van der Waals surface area contributed by atoms with Gasteiger partial charge in [-0.2, -0.15) is 0 Å². The van der Waals surface area contributed by atoms with Gasteiger partial charge in [0.1, 0.15) is 5.82 Å². The van der Waals surface area contributed by atoms with Crippen LogP contribution in [0.15, 0.2) is 24.3 Å². The fourth-order valence-electron chi connectivity index (χ4n) is 1.17. The second kappa shape index (κ2) is 4.35. The minimum absolute atomic E-state index is 0.0469. The maximum atomic E-state index is 12.6. The maximum absolute atomic E-state index is 12.6. The molecule has 1 rings (SSSR count). The van der Waals surface area contributed by atoms with E-state index in [1.165, 1.54) is 12.1 Å². The normalized spacial score (nSPS) is 15.4. The average Bonchev–Trinajstić information content (AvgIpc) is 2.17. The van der Waals surface area contributed by atoms with Gasteiger partial charge in [0.2, 0.25) is 0 Å². The summed E-state index contributed by atoms with van der Waals surface area (Å²) in [5, 5.41) is 8.82. The van der Waals surface area contributed by atoms with Crippen LogP contribution in [0.25, 0.3) is 0 Å². The van der Waals surface area contributed by atoms with Crippen LogP contribution in [-0.4, -0.2) is 17.8 Å². The largest absolute Gasteiger partial charge is 0.395 e. The first-order valence-electron chi connectivity index (χ1n) is 4.27. The van der Waals surface area contributed by atoms with Gasteiger partial charge in [0, 0.05) is 6.04 Å². The molecule has 1 aromatic carbocycles. The molecule has 0 heterocycles. The fraction of sp³-hybridized carbons (Fsp3) is 0.400. The standard InChI is InChI=1S/C10H14FNO/c1-7(10(12)6-13)8-2-4-9(11)5-3-8/h2-5,7,10,13H,6,12H2,1H3. The van der Waals surface area contributed by atoms with Crippen molar-refractivity contribution in [2.75, 3.05) is 6.61 Å². The fourth-order valence-corrected chi connectivity index (χ4v) is 1.17. The van der Waals surface area contributed by atoms with Gasteiger partial charge in [-0.15, -0.1) is 0 Å². The molecule has 1 aromatic rings. The van der Waals surface area contributed by atoms with Crippen LogP contribution in [0.1, 0.15) is 18.4 Å². The van der Waals surface area contributed by atoms with E-state index in [-0.39, 0.29) is 24.4 Å². The van der Waals surface area contributed by atoms with Crippen LogP contribution in [0.5, 0.6) is 0 Å². The summed E-state index contributed by atoms with van der Waals surface area (Å²) < 4.78 is 12.6.